The van der Waals surface area contributed by atoms with Crippen LogP contribution in [0.3, 0.4) is 0 Å². The molecule has 3 rings (SSSR count). The van der Waals surface area contributed by atoms with Gasteiger partial charge in [0.15, 0.2) is 6.10 Å². The summed E-state index contributed by atoms with van der Waals surface area (Å²) in [4.78, 5) is 10.6. The number of rotatable bonds is 3. The van der Waals surface area contributed by atoms with Gasteiger partial charge in [0.05, 0.1) is 6.10 Å². The quantitative estimate of drug-likeness (QED) is 0.470. The van der Waals surface area contributed by atoms with Gasteiger partial charge in [-0.3, -0.25) is 0 Å². The van der Waals surface area contributed by atoms with Crippen LogP contribution in [-0.2, 0) is 9.47 Å². The van der Waals surface area contributed by atoms with Crippen LogP contribution in [0.25, 0.3) is 0 Å². The van der Waals surface area contributed by atoms with Crippen LogP contribution in [-0.4, -0.2) is 22.3 Å². The first-order chi connectivity index (χ1) is 10.7. The number of halogens is 1. The predicted molar refractivity (Wildman–Crippen MR) is 91.9 cm³/mol. The predicted octanol–water partition coefficient (Wildman–Crippen LogP) is 4.05. The van der Waals surface area contributed by atoms with Crippen LogP contribution >= 0.6 is 22.6 Å². The first-order valence-electron chi connectivity index (χ1n) is 6.88. The van der Waals surface area contributed by atoms with Gasteiger partial charge >= 0.3 is 6.16 Å². The van der Waals surface area contributed by atoms with Crippen LogP contribution in [0.4, 0.5) is 4.79 Å². The van der Waals surface area contributed by atoms with E-state index in [1.807, 2.05) is 60.7 Å². The number of carbonyl (C=O) groups is 1. The Bertz CT molecular complexity index is 574. The molecule has 5 heteroatoms. The maximum absolute atomic E-state index is 10.6. The van der Waals surface area contributed by atoms with E-state index in [1.54, 1.807) is 0 Å². The Hall–Kier alpha value is -1.60. The third kappa shape index (κ3) is 4.99. The second-order valence-electron chi connectivity index (χ2n) is 4.66. The van der Waals surface area contributed by atoms with E-state index in [0.29, 0.717) is 6.61 Å². The van der Waals surface area contributed by atoms with Crippen molar-refractivity contribution in [2.75, 3.05) is 11.0 Å². The molecular weight excluding hydrogens is 395 g/mol. The van der Waals surface area contributed by atoms with E-state index in [2.05, 4.69) is 27.3 Å². The molecule has 0 spiro atoms. The lowest BCUT2D eigenvalue weighted by molar-refractivity contribution is 0.118. The normalized spacial score (nSPS) is 17.7. The largest absolute Gasteiger partial charge is 0.509 e. The molecule has 1 fully saturated rings. The fourth-order valence-corrected chi connectivity index (χ4v) is 2.43. The summed E-state index contributed by atoms with van der Waals surface area (Å²) >= 11 is 2.17. The fourth-order valence-electron chi connectivity index (χ4n) is 1.92. The van der Waals surface area contributed by atoms with Crippen molar-refractivity contribution in [2.24, 2.45) is 0 Å². The second-order valence-corrected chi connectivity index (χ2v) is 5.54. The van der Waals surface area contributed by atoms with Gasteiger partial charge in [-0.25, -0.2) is 4.79 Å². The number of aliphatic hydroxyl groups excluding tert-OH is 1. The molecule has 0 radical (unpaired) electrons. The molecule has 0 bridgehead atoms. The van der Waals surface area contributed by atoms with Crippen molar-refractivity contribution in [3.05, 3.63) is 71.8 Å². The Morgan fingerprint density at radius 1 is 1.09 bits per heavy atom. The lowest BCUT2D eigenvalue weighted by Crippen LogP contribution is -1.99. The monoisotopic (exact) mass is 412 g/mol. The van der Waals surface area contributed by atoms with Gasteiger partial charge in [0, 0.05) is 4.43 Å². The van der Waals surface area contributed by atoms with E-state index in [4.69, 9.17) is 4.74 Å². The van der Waals surface area contributed by atoms with Crippen LogP contribution in [0.1, 0.15) is 23.3 Å². The maximum atomic E-state index is 10.6. The molecule has 116 valence electrons. The highest BCUT2D eigenvalue weighted by atomic mass is 127. The molecule has 1 aliphatic heterocycles. The van der Waals surface area contributed by atoms with E-state index in [1.165, 1.54) is 0 Å². The summed E-state index contributed by atoms with van der Waals surface area (Å²) in [5.41, 5.74) is 1.97. The molecule has 1 saturated heterocycles. The first kappa shape index (κ1) is 16.8. The number of ether oxygens (including phenoxy) is 2. The number of carbonyl (C=O) groups excluding carboxylic acids is 1. The Morgan fingerprint density at radius 3 is 2.18 bits per heavy atom. The summed E-state index contributed by atoms with van der Waals surface area (Å²) < 4.78 is 10.3. The molecule has 0 saturated carbocycles. The zero-order valence-corrected chi connectivity index (χ0v) is 14.0. The summed E-state index contributed by atoms with van der Waals surface area (Å²) in [5.74, 6) is 0. The number of hydrogen-bond donors (Lipinski definition) is 1. The average Bonchev–Trinajstić information content (AvgIpc) is 3.03. The van der Waals surface area contributed by atoms with Crippen molar-refractivity contribution < 1.29 is 19.4 Å². The molecule has 2 atom stereocenters. The second kappa shape index (κ2) is 8.75. The highest BCUT2D eigenvalue weighted by Gasteiger charge is 2.25. The van der Waals surface area contributed by atoms with Crippen LogP contribution < -0.4 is 0 Å². The average molecular weight is 412 g/mol. The van der Waals surface area contributed by atoms with E-state index in [-0.39, 0.29) is 12.2 Å². The van der Waals surface area contributed by atoms with Crippen LogP contribution in [0.5, 0.6) is 0 Å². The number of alkyl halides is 1. The Balaban J connectivity index is 0.000000164. The molecule has 0 aromatic heterocycles. The van der Waals surface area contributed by atoms with Gasteiger partial charge in [-0.05, 0) is 11.1 Å². The van der Waals surface area contributed by atoms with Gasteiger partial charge in [-0.1, -0.05) is 83.3 Å². The molecule has 1 N–H and O–H groups in total. The minimum atomic E-state index is -0.580. The van der Waals surface area contributed by atoms with Crippen LogP contribution in [0.15, 0.2) is 60.7 Å². The van der Waals surface area contributed by atoms with Gasteiger partial charge in [-0.15, -0.1) is 0 Å². The van der Waals surface area contributed by atoms with E-state index < -0.39 is 6.16 Å². The lowest BCUT2D eigenvalue weighted by atomic mass is 10.1. The molecule has 4 nitrogen and oxygen atoms in total. The summed E-state index contributed by atoms with van der Waals surface area (Å²) in [6, 6.07) is 19.2. The molecule has 1 heterocycles. The third-order valence-electron chi connectivity index (χ3n) is 3.09. The molecule has 2 aromatic carbocycles. The van der Waals surface area contributed by atoms with Crippen molar-refractivity contribution in [2.45, 2.75) is 12.2 Å². The van der Waals surface area contributed by atoms with Crippen molar-refractivity contribution in [3.8, 4) is 0 Å². The van der Waals surface area contributed by atoms with Crippen molar-refractivity contribution in [3.63, 3.8) is 0 Å². The SMILES string of the molecule is O=C1OCC(c2ccccc2)O1.OC(CI)c1ccccc1. The highest BCUT2D eigenvalue weighted by Crippen LogP contribution is 2.22. The summed E-state index contributed by atoms with van der Waals surface area (Å²) in [5, 5.41) is 9.32. The topological polar surface area (TPSA) is 55.8 Å². The molecule has 22 heavy (non-hydrogen) atoms. The number of aliphatic hydroxyl groups is 1. The van der Waals surface area contributed by atoms with Gasteiger partial charge in [0.2, 0.25) is 0 Å². The Kier molecular flexibility index (Phi) is 6.67. The summed E-state index contributed by atoms with van der Waals surface area (Å²) in [6.45, 7) is 0.322. The molecule has 0 aliphatic carbocycles. The molecule has 2 aromatic rings. The fraction of sp³-hybridized carbons (Fsp3) is 0.235. The zero-order valence-electron chi connectivity index (χ0n) is 11.9. The molecule has 1 aliphatic rings. The lowest BCUT2D eigenvalue weighted by Gasteiger charge is -2.04. The Morgan fingerprint density at radius 2 is 1.68 bits per heavy atom. The standard InChI is InChI=1S/C9H8O3.C8H9IO/c10-9-11-6-8(12-9)7-4-2-1-3-5-7;9-6-8(10)7-4-2-1-3-5-7/h1-5,8H,6H2;1-5,8,10H,6H2. The smallest absolute Gasteiger partial charge is 0.430 e. The van der Waals surface area contributed by atoms with Gasteiger partial charge in [0.25, 0.3) is 0 Å². The molecular formula is C17H17IO4. The van der Waals surface area contributed by atoms with Gasteiger partial charge in [-0.2, -0.15) is 0 Å². The van der Waals surface area contributed by atoms with Gasteiger partial charge < -0.3 is 14.6 Å². The maximum Gasteiger partial charge on any atom is 0.509 e. The van der Waals surface area contributed by atoms with E-state index in [0.717, 1.165) is 15.6 Å². The number of hydrogen-bond acceptors (Lipinski definition) is 4. The number of benzene rings is 2. The number of cyclic esters (lactones) is 2. The van der Waals surface area contributed by atoms with Crippen molar-refractivity contribution in [1.29, 1.82) is 0 Å². The molecule has 0 amide bonds. The summed E-state index contributed by atoms with van der Waals surface area (Å²) in [7, 11) is 0. The van der Waals surface area contributed by atoms with E-state index >= 15 is 0 Å². The van der Waals surface area contributed by atoms with Crippen molar-refractivity contribution >= 4 is 28.7 Å². The third-order valence-corrected chi connectivity index (χ3v) is 3.93. The molecule has 2 unspecified atom stereocenters. The van der Waals surface area contributed by atoms with Crippen LogP contribution in [0.2, 0.25) is 0 Å². The summed E-state index contributed by atoms with van der Waals surface area (Å²) in [6.07, 6.45) is -1.11. The van der Waals surface area contributed by atoms with Gasteiger partial charge in [0.1, 0.15) is 6.61 Å². The highest BCUT2D eigenvalue weighted by molar-refractivity contribution is 14.1. The van der Waals surface area contributed by atoms with Crippen LogP contribution in [0, 0.1) is 0 Å². The van der Waals surface area contributed by atoms with Crippen molar-refractivity contribution in [1.82, 2.24) is 0 Å². The minimum absolute atomic E-state index is 0.223. The minimum Gasteiger partial charge on any atom is -0.430 e. The first-order valence-corrected chi connectivity index (χ1v) is 8.40. The zero-order chi connectivity index (χ0) is 15.8. The van der Waals surface area contributed by atoms with E-state index in [9.17, 15) is 9.90 Å². The Labute approximate surface area is 143 Å².